The summed E-state index contributed by atoms with van der Waals surface area (Å²) in [5.41, 5.74) is 0.896. The van der Waals surface area contributed by atoms with Gasteiger partial charge in [-0.25, -0.2) is 4.39 Å². The number of carboxylic acid groups (broad SMARTS) is 1. The van der Waals surface area contributed by atoms with E-state index in [4.69, 9.17) is 9.52 Å². The van der Waals surface area contributed by atoms with Gasteiger partial charge in [-0.3, -0.25) is 4.79 Å². The molecule has 0 saturated carbocycles. The number of aromatic nitrogens is 2. The van der Waals surface area contributed by atoms with Gasteiger partial charge in [-0.05, 0) is 30.5 Å². The van der Waals surface area contributed by atoms with Crippen molar-refractivity contribution in [1.29, 1.82) is 0 Å². The molecule has 1 N–H and O–H groups in total. The summed E-state index contributed by atoms with van der Waals surface area (Å²) in [4.78, 5) is 10.4. The van der Waals surface area contributed by atoms with E-state index in [1.165, 1.54) is 12.1 Å². The van der Waals surface area contributed by atoms with Crippen LogP contribution in [0, 0.1) is 5.82 Å². The van der Waals surface area contributed by atoms with Crippen molar-refractivity contribution in [2.24, 2.45) is 0 Å². The Hall–Kier alpha value is -2.24. The minimum absolute atomic E-state index is 0.149. The van der Waals surface area contributed by atoms with Crippen molar-refractivity contribution in [3.8, 4) is 0 Å². The molecule has 2 aromatic rings. The van der Waals surface area contributed by atoms with Crippen LogP contribution in [-0.4, -0.2) is 21.3 Å². The second kappa shape index (κ2) is 6.79. The second-order valence-corrected chi connectivity index (χ2v) is 4.49. The molecule has 0 aliphatic heterocycles. The lowest BCUT2D eigenvalue weighted by Gasteiger charge is -1.96. The molecule has 1 heterocycles. The van der Waals surface area contributed by atoms with Crippen molar-refractivity contribution in [2.45, 2.75) is 32.1 Å². The molecule has 0 saturated heterocycles. The van der Waals surface area contributed by atoms with E-state index < -0.39 is 5.97 Å². The van der Waals surface area contributed by atoms with Crippen LogP contribution in [0.2, 0.25) is 0 Å². The first-order valence-electron chi connectivity index (χ1n) is 6.41. The highest BCUT2D eigenvalue weighted by Gasteiger charge is 2.07. The molecule has 0 fully saturated rings. The number of halogens is 1. The molecule has 1 aromatic carbocycles. The summed E-state index contributed by atoms with van der Waals surface area (Å²) in [5, 5.41) is 16.3. The quantitative estimate of drug-likeness (QED) is 0.788. The van der Waals surface area contributed by atoms with E-state index in [1.807, 2.05) is 0 Å². The minimum atomic E-state index is -0.799. The van der Waals surface area contributed by atoms with Gasteiger partial charge >= 0.3 is 5.97 Å². The van der Waals surface area contributed by atoms with Gasteiger partial charge in [-0.1, -0.05) is 12.1 Å². The van der Waals surface area contributed by atoms with Gasteiger partial charge in [0.05, 0.1) is 6.42 Å². The van der Waals surface area contributed by atoms with Crippen LogP contribution in [0.1, 0.15) is 36.6 Å². The SMILES string of the molecule is O=C(O)CCCCc1nnc(Cc2ccc(F)cc2)o1. The summed E-state index contributed by atoms with van der Waals surface area (Å²) in [5.74, 6) is -0.0942. The Bertz CT molecular complexity index is 566. The average molecular weight is 278 g/mol. The van der Waals surface area contributed by atoms with Gasteiger partial charge in [-0.2, -0.15) is 0 Å². The van der Waals surface area contributed by atoms with E-state index in [9.17, 15) is 9.18 Å². The van der Waals surface area contributed by atoms with Crippen molar-refractivity contribution < 1.29 is 18.7 Å². The second-order valence-electron chi connectivity index (χ2n) is 4.49. The van der Waals surface area contributed by atoms with E-state index in [0.717, 1.165) is 5.56 Å². The van der Waals surface area contributed by atoms with Crippen molar-refractivity contribution in [1.82, 2.24) is 10.2 Å². The van der Waals surface area contributed by atoms with Gasteiger partial charge < -0.3 is 9.52 Å². The third-order valence-corrected chi connectivity index (χ3v) is 2.81. The van der Waals surface area contributed by atoms with Crippen LogP contribution in [0.4, 0.5) is 4.39 Å². The zero-order chi connectivity index (χ0) is 14.4. The Balaban J connectivity index is 1.82. The molecule has 1 aromatic heterocycles. The maximum atomic E-state index is 12.8. The summed E-state index contributed by atoms with van der Waals surface area (Å²) in [6.45, 7) is 0. The highest BCUT2D eigenvalue weighted by Crippen LogP contribution is 2.11. The molecule has 6 heteroatoms. The summed E-state index contributed by atoms with van der Waals surface area (Å²) in [7, 11) is 0. The first kappa shape index (κ1) is 14.2. The highest BCUT2D eigenvalue weighted by atomic mass is 19.1. The maximum Gasteiger partial charge on any atom is 0.303 e. The van der Waals surface area contributed by atoms with Crippen LogP contribution >= 0.6 is 0 Å². The molecule has 0 spiro atoms. The lowest BCUT2D eigenvalue weighted by molar-refractivity contribution is -0.137. The molecule has 0 radical (unpaired) electrons. The lowest BCUT2D eigenvalue weighted by Crippen LogP contribution is -1.95. The maximum absolute atomic E-state index is 12.8. The van der Waals surface area contributed by atoms with Gasteiger partial charge in [0.25, 0.3) is 0 Å². The van der Waals surface area contributed by atoms with E-state index in [1.54, 1.807) is 12.1 Å². The Morgan fingerprint density at radius 2 is 1.85 bits per heavy atom. The van der Waals surface area contributed by atoms with Crippen molar-refractivity contribution >= 4 is 5.97 Å². The fraction of sp³-hybridized carbons (Fsp3) is 0.357. The van der Waals surface area contributed by atoms with E-state index in [2.05, 4.69) is 10.2 Å². The zero-order valence-electron chi connectivity index (χ0n) is 10.9. The van der Waals surface area contributed by atoms with Crippen molar-refractivity contribution in [2.75, 3.05) is 0 Å². The number of aliphatic carboxylic acids is 1. The molecule has 5 nitrogen and oxygen atoms in total. The number of unbranched alkanes of at least 4 members (excludes halogenated alkanes) is 1. The largest absolute Gasteiger partial charge is 0.481 e. The molecule has 20 heavy (non-hydrogen) atoms. The Morgan fingerprint density at radius 3 is 2.55 bits per heavy atom. The van der Waals surface area contributed by atoms with E-state index in [-0.39, 0.29) is 12.2 Å². The van der Waals surface area contributed by atoms with Crippen LogP contribution in [0.15, 0.2) is 28.7 Å². The van der Waals surface area contributed by atoms with Gasteiger partial charge in [0.1, 0.15) is 5.82 Å². The van der Waals surface area contributed by atoms with E-state index in [0.29, 0.717) is 37.5 Å². The molecule has 106 valence electrons. The smallest absolute Gasteiger partial charge is 0.303 e. The number of aryl methyl sites for hydroxylation is 1. The molecule has 0 atom stereocenters. The van der Waals surface area contributed by atoms with Gasteiger partial charge in [0.2, 0.25) is 11.8 Å². The summed E-state index contributed by atoms with van der Waals surface area (Å²) in [6, 6.07) is 6.12. The Morgan fingerprint density at radius 1 is 1.15 bits per heavy atom. The molecule has 0 bridgehead atoms. The number of carboxylic acids is 1. The number of benzene rings is 1. The van der Waals surface area contributed by atoms with Crippen LogP contribution in [0.25, 0.3) is 0 Å². The Labute approximate surface area is 115 Å². The molecular formula is C14H15FN2O3. The fourth-order valence-corrected chi connectivity index (χ4v) is 1.79. The van der Waals surface area contributed by atoms with Crippen molar-refractivity contribution in [3.05, 3.63) is 47.4 Å². The van der Waals surface area contributed by atoms with E-state index >= 15 is 0 Å². The zero-order valence-corrected chi connectivity index (χ0v) is 10.9. The first-order valence-corrected chi connectivity index (χ1v) is 6.41. The van der Waals surface area contributed by atoms with Crippen LogP contribution in [0.3, 0.4) is 0 Å². The third kappa shape index (κ3) is 4.46. The highest BCUT2D eigenvalue weighted by molar-refractivity contribution is 5.66. The summed E-state index contributed by atoms with van der Waals surface area (Å²) in [6.07, 6.45) is 2.47. The lowest BCUT2D eigenvalue weighted by atomic mass is 10.1. The monoisotopic (exact) mass is 278 g/mol. The topological polar surface area (TPSA) is 76.2 Å². The van der Waals surface area contributed by atoms with Crippen molar-refractivity contribution in [3.63, 3.8) is 0 Å². The van der Waals surface area contributed by atoms with Gasteiger partial charge in [-0.15, -0.1) is 10.2 Å². The van der Waals surface area contributed by atoms with Crippen LogP contribution in [0.5, 0.6) is 0 Å². The normalized spacial score (nSPS) is 10.7. The molecule has 0 aliphatic rings. The standard InChI is InChI=1S/C14H15FN2O3/c15-11-7-5-10(6-8-11)9-13-17-16-12(20-13)3-1-2-4-14(18)19/h5-8H,1-4,9H2,(H,18,19). The number of hydrogen-bond donors (Lipinski definition) is 1. The number of carbonyl (C=O) groups is 1. The molecule has 0 amide bonds. The summed E-state index contributed by atoms with van der Waals surface area (Å²) < 4.78 is 18.2. The number of hydrogen-bond acceptors (Lipinski definition) is 4. The summed E-state index contributed by atoms with van der Waals surface area (Å²) >= 11 is 0. The molecule has 2 rings (SSSR count). The minimum Gasteiger partial charge on any atom is -0.481 e. The van der Waals surface area contributed by atoms with Gasteiger partial charge in [0, 0.05) is 12.8 Å². The first-order chi connectivity index (χ1) is 9.63. The molecule has 0 aliphatic carbocycles. The predicted octanol–water partition coefficient (Wildman–Crippen LogP) is 2.60. The number of nitrogens with zero attached hydrogens (tertiary/aromatic N) is 2. The fourth-order valence-electron chi connectivity index (χ4n) is 1.79. The predicted molar refractivity (Wildman–Crippen MR) is 68.7 cm³/mol. The Kier molecular flexibility index (Phi) is 4.81. The number of rotatable bonds is 7. The van der Waals surface area contributed by atoms with Crippen LogP contribution < -0.4 is 0 Å². The van der Waals surface area contributed by atoms with Crippen LogP contribution in [-0.2, 0) is 17.6 Å². The molecule has 0 unspecified atom stereocenters. The molecular weight excluding hydrogens is 263 g/mol. The van der Waals surface area contributed by atoms with Gasteiger partial charge in [0.15, 0.2) is 0 Å². The average Bonchev–Trinajstić information content (AvgIpc) is 2.85. The third-order valence-electron chi connectivity index (χ3n) is 2.81.